The van der Waals surface area contributed by atoms with Gasteiger partial charge in [-0.05, 0) is 89.1 Å². The summed E-state index contributed by atoms with van der Waals surface area (Å²) in [5, 5.41) is 20.0. The number of unbranched alkanes of at least 4 members (excludes halogenated alkanes) is 16. The van der Waals surface area contributed by atoms with Gasteiger partial charge in [-0.1, -0.05) is 169 Å². The molecule has 334 valence electrons. The molecule has 0 aliphatic heterocycles. The Balaban J connectivity index is 4.17. The standard InChI is InChI=1S/C49H97NO6/c1-5-9-13-18-32-45(30-11-7-3)34-20-22-37-48(53)55-42-28-16-15-25-39-50(40-26-17-27-41-51)44-47(52)36-24-29-43-56-49(54)38-23-21-35-46(31-12-8-4)33-19-14-10-6-2/h45-47,51-52H,5-44H2,1-4H3. The van der Waals surface area contributed by atoms with Crippen molar-refractivity contribution in [3.63, 3.8) is 0 Å². The lowest BCUT2D eigenvalue weighted by Gasteiger charge is -2.25. The fourth-order valence-corrected chi connectivity index (χ4v) is 8.07. The summed E-state index contributed by atoms with van der Waals surface area (Å²) in [4.78, 5) is 27.0. The van der Waals surface area contributed by atoms with Gasteiger partial charge in [-0.15, -0.1) is 0 Å². The van der Waals surface area contributed by atoms with Crippen molar-refractivity contribution < 1.29 is 29.3 Å². The molecule has 0 saturated heterocycles. The number of esters is 2. The lowest BCUT2D eigenvalue weighted by atomic mass is 9.90. The summed E-state index contributed by atoms with van der Waals surface area (Å²) >= 11 is 0. The molecule has 0 aromatic carbocycles. The molecule has 3 unspecified atom stereocenters. The summed E-state index contributed by atoms with van der Waals surface area (Å²) in [5.41, 5.74) is 0. The van der Waals surface area contributed by atoms with Crippen LogP contribution in [0.5, 0.6) is 0 Å². The molecule has 0 rings (SSSR count). The van der Waals surface area contributed by atoms with Crippen LogP contribution in [0.25, 0.3) is 0 Å². The topological polar surface area (TPSA) is 96.3 Å². The smallest absolute Gasteiger partial charge is 0.305 e. The van der Waals surface area contributed by atoms with Gasteiger partial charge >= 0.3 is 11.9 Å². The second-order valence-electron chi connectivity index (χ2n) is 17.3. The summed E-state index contributed by atoms with van der Waals surface area (Å²) in [7, 11) is 0. The summed E-state index contributed by atoms with van der Waals surface area (Å²) in [6.07, 6.45) is 37.9. The van der Waals surface area contributed by atoms with Crippen LogP contribution in [0.4, 0.5) is 0 Å². The first kappa shape index (κ1) is 54.8. The van der Waals surface area contributed by atoms with Crippen LogP contribution >= 0.6 is 0 Å². The average molecular weight is 796 g/mol. The monoisotopic (exact) mass is 796 g/mol. The molecule has 0 spiro atoms. The van der Waals surface area contributed by atoms with E-state index in [0.717, 1.165) is 108 Å². The predicted octanol–water partition coefficient (Wildman–Crippen LogP) is 13.3. The van der Waals surface area contributed by atoms with Crippen LogP contribution < -0.4 is 0 Å². The van der Waals surface area contributed by atoms with Crippen LogP contribution in [-0.4, -0.2) is 72.6 Å². The molecular formula is C49H97NO6. The number of carbonyl (C=O) groups excluding carboxylic acids is 2. The SMILES string of the molecule is CCCCCCC(CCCC)CCCCC(=O)OCCCCCCN(CCCCCO)CC(O)CCCCOC(=O)CCCCC(CCCC)CCCCCC. The molecule has 7 heteroatoms. The number of ether oxygens (including phenoxy) is 2. The van der Waals surface area contributed by atoms with E-state index in [4.69, 9.17) is 9.47 Å². The van der Waals surface area contributed by atoms with E-state index in [1.54, 1.807) is 0 Å². The number of rotatable bonds is 45. The molecular weight excluding hydrogens is 699 g/mol. The van der Waals surface area contributed by atoms with Crippen molar-refractivity contribution in [3.8, 4) is 0 Å². The summed E-state index contributed by atoms with van der Waals surface area (Å²) < 4.78 is 11.1. The van der Waals surface area contributed by atoms with Crippen molar-refractivity contribution in [1.82, 2.24) is 4.90 Å². The van der Waals surface area contributed by atoms with E-state index in [1.165, 1.54) is 116 Å². The third-order valence-electron chi connectivity index (χ3n) is 11.8. The van der Waals surface area contributed by atoms with Crippen LogP contribution in [0.3, 0.4) is 0 Å². The van der Waals surface area contributed by atoms with E-state index in [0.29, 0.717) is 39.0 Å². The van der Waals surface area contributed by atoms with Crippen molar-refractivity contribution >= 4 is 11.9 Å². The zero-order chi connectivity index (χ0) is 41.2. The van der Waals surface area contributed by atoms with Gasteiger partial charge in [0.05, 0.1) is 19.3 Å². The van der Waals surface area contributed by atoms with E-state index in [2.05, 4.69) is 32.6 Å². The summed E-state index contributed by atoms with van der Waals surface area (Å²) in [6, 6.07) is 0. The Labute approximate surface area is 348 Å². The van der Waals surface area contributed by atoms with Crippen molar-refractivity contribution in [2.45, 2.75) is 252 Å². The number of aliphatic hydroxyl groups is 2. The molecule has 2 N–H and O–H groups in total. The van der Waals surface area contributed by atoms with Gasteiger partial charge in [-0.25, -0.2) is 0 Å². The first-order chi connectivity index (χ1) is 27.4. The highest BCUT2D eigenvalue weighted by Gasteiger charge is 2.14. The van der Waals surface area contributed by atoms with E-state index in [1.807, 2.05) is 0 Å². The Hall–Kier alpha value is -1.18. The zero-order valence-electron chi connectivity index (χ0n) is 38.0. The first-order valence-corrected chi connectivity index (χ1v) is 24.7. The van der Waals surface area contributed by atoms with Gasteiger partial charge < -0.3 is 24.6 Å². The molecule has 7 nitrogen and oxygen atoms in total. The Morgan fingerprint density at radius 2 is 0.821 bits per heavy atom. The van der Waals surface area contributed by atoms with Gasteiger partial charge in [0.1, 0.15) is 0 Å². The lowest BCUT2D eigenvalue weighted by Crippen LogP contribution is -2.34. The first-order valence-electron chi connectivity index (χ1n) is 24.7. The molecule has 0 aromatic heterocycles. The zero-order valence-corrected chi connectivity index (χ0v) is 38.0. The number of nitrogens with zero attached hydrogens (tertiary/aromatic N) is 1. The highest BCUT2D eigenvalue weighted by Crippen LogP contribution is 2.25. The van der Waals surface area contributed by atoms with E-state index in [-0.39, 0.29) is 18.5 Å². The van der Waals surface area contributed by atoms with Crippen LogP contribution in [0.15, 0.2) is 0 Å². The van der Waals surface area contributed by atoms with Gasteiger partial charge in [0.15, 0.2) is 0 Å². The van der Waals surface area contributed by atoms with Crippen molar-refractivity contribution in [2.75, 3.05) is 39.5 Å². The van der Waals surface area contributed by atoms with Gasteiger partial charge in [0, 0.05) is 26.0 Å². The van der Waals surface area contributed by atoms with E-state index >= 15 is 0 Å². The third-order valence-corrected chi connectivity index (χ3v) is 11.8. The maximum absolute atomic E-state index is 12.3. The largest absolute Gasteiger partial charge is 0.466 e. The highest BCUT2D eigenvalue weighted by molar-refractivity contribution is 5.69. The van der Waals surface area contributed by atoms with Crippen molar-refractivity contribution in [1.29, 1.82) is 0 Å². The summed E-state index contributed by atoms with van der Waals surface area (Å²) in [6.45, 7) is 12.8. The van der Waals surface area contributed by atoms with Crippen LogP contribution in [0.2, 0.25) is 0 Å². The maximum Gasteiger partial charge on any atom is 0.305 e. The molecule has 0 amide bonds. The van der Waals surface area contributed by atoms with Gasteiger partial charge in [-0.3, -0.25) is 9.59 Å². The number of hydrogen-bond donors (Lipinski definition) is 2. The Morgan fingerprint density at radius 1 is 0.446 bits per heavy atom. The van der Waals surface area contributed by atoms with E-state index in [9.17, 15) is 19.8 Å². The van der Waals surface area contributed by atoms with Crippen molar-refractivity contribution in [2.24, 2.45) is 11.8 Å². The molecule has 0 aliphatic carbocycles. The number of aliphatic hydroxyl groups excluding tert-OH is 2. The molecule has 3 atom stereocenters. The fraction of sp³-hybridized carbons (Fsp3) is 0.959. The number of hydrogen-bond acceptors (Lipinski definition) is 7. The average Bonchev–Trinajstić information content (AvgIpc) is 3.19. The normalized spacial score (nSPS) is 13.3. The minimum atomic E-state index is -0.390. The second-order valence-corrected chi connectivity index (χ2v) is 17.3. The van der Waals surface area contributed by atoms with Crippen LogP contribution in [0.1, 0.15) is 246 Å². The second kappa shape index (κ2) is 43.4. The fourth-order valence-electron chi connectivity index (χ4n) is 8.07. The van der Waals surface area contributed by atoms with Gasteiger partial charge in [0.2, 0.25) is 0 Å². The van der Waals surface area contributed by atoms with Crippen molar-refractivity contribution in [3.05, 3.63) is 0 Å². The van der Waals surface area contributed by atoms with Crippen LogP contribution in [0, 0.1) is 11.8 Å². The highest BCUT2D eigenvalue weighted by atomic mass is 16.5. The van der Waals surface area contributed by atoms with Gasteiger partial charge in [0.25, 0.3) is 0 Å². The predicted molar refractivity (Wildman–Crippen MR) is 238 cm³/mol. The Bertz CT molecular complexity index is 824. The van der Waals surface area contributed by atoms with Crippen LogP contribution in [-0.2, 0) is 19.1 Å². The third kappa shape index (κ3) is 38.3. The molecule has 0 radical (unpaired) electrons. The Kier molecular flexibility index (Phi) is 42.5. The minimum Gasteiger partial charge on any atom is -0.466 e. The molecule has 0 heterocycles. The molecule has 0 saturated carbocycles. The Morgan fingerprint density at radius 3 is 1.29 bits per heavy atom. The number of carbonyl (C=O) groups is 2. The lowest BCUT2D eigenvalue weighted by molar-refractivity contribution is -0.144. The molecule has 0 bridgehead atoms. The van der Waals surface area contributed by atoms with E-state index < -0.39 is 6.10 Å². The quantitative estimate of drug-likeness (QED) is 0.0468. The maximum atomic E-state index is 12.3. The molecule has 0 aliphatic rings. The summed E-state index contributed by atoms with van der Waals surface area (Å²) in [5.74, 6) is 1.53. The van der Waals surface area contributed by atoms with Gasteiger partial charge in [-0.2, -0.15) is 0 Å². The molecule has 0 fully saturated rings. The molecule has 56 heavy (non-hydrogen) atoms. The molecule has 0 aromatic rings. The minimum absolute atomic E-state index is 0.0378.